The first kappa shape index (κ1) is 46.7. The van der Waals surface area contributed by atoms with Gasteiger partial charge in [0.05, 0.1) is 30.2 Å². The molecule has 2 unspecified atom stereocenters. The number of alkyl carbamates (subject to hydrolysis) is 1. The van der Waals surface area contributed by atoms with E-state index >= 15 is 9.18 Å². The maximum absolute atomic E-state index is 15.4. The number of nitrogens with zero attached hydrogens (tertiary/aromatic N) is 2. The molecule has 4 saturated carbocycles. The lowest BCUT2D eigenvalue weighted by molar-refractivity contribution is -0.142. The molecule has 17 heteroatoms. The van der Waals surface area contributed by atoms with Crippen molar-refractivity contribution < 1.29 is 55.2 Å². The van der Waals surface area contributed by atoms with E-state index in [1.165, 1.54) is 11.0 Å². The van der Waals surface area contributed by atoms with Crippen LogP contribution in [0.25, 0.3) is 22.0 Å². The van der Waals surface area contributed by atoms with Crippen LogP contribution in [0.2, 0.25) is 0 Å². The lowest BCUT2D eigenvalue weighted by atomic mass is 9.88. The fraction of sp³-hybridized carbons (Fsp3) is 0.580. The van der Waals surface area contributed by atoms with E-state index in [9.17, 15) is 22.8 Å². The Bertz CT molecular complexity index is 2610. The van der Waals surface area contributed by atoms with Crippen molar-refractivity contribution in [1.29, 1.82) is 0 Å². The first-order valence-electron chi connectivity index (χ1n) is 23.8. The molecule has 366 valence electrons. The second-order valence-electron chi connectivity index (χ2n) is 20.5. The molecule has 0 spiro atoms. The quantitative estimate of drug-likeness (QED) is 0.160. The summed E-state index contributed by atoms with van der Waals surface area (Å²) >= 11 is 0. The Morgan fingerprint density at radius 3 is 2.46 bits per heavy atom. The molecule has 9 atom stereocenters. The largest absolute Gasteiger partial charge is 0.497 e. The number of aromatic nitrogens is 1. The lowest BCUT2D eigenvalue weighted by Gasteiger charge is -2.33. The number of carbonyl (C=O) groups is 4. The minimum atomic E-state index is -4.05. The molecule has 67 heavy (non-hydrogen) atoms. The number of hydrogen-bond donors (Lipinski definition) is 3. The minimum absolute atomic E-state index is 0. The molecule has 4 amide bonds. The summed E-state index contributed by atoms with van der Waals surface area (Å²) in [6.07, 6.45) is 7.49. The van der Waals surface area contributed by atoms with Crippen molar-refractivity contribution in [1.82, 2.24) is 25.2 Å². The Kier molecular flexibility index (Phi) is 12.5. The maximum atomic E-state index is 15.4. The van der Waals surface area contributed by atoms with Gasteiger partial charge in [-0.3, -0.25) is 19.1 Å². The second kappa shape index (κ2) is 17.9. The Hall–Kier alpha value is -5.45. The van der Waals surface area contributed by atoms with Gasteiger partial charge < -0.3 is 34.5 Å². The summed E-state index contributed by atoms with van der Waals surface area (Å²) in [5.41, 5.74) is -0.753. The minimum Gasteiger partial charge on any atom is -0.497 e. The van der Waals surface area contributed by atoms with E-state index in [1.807, 2.05) is 32.9 Å². The van der Waals surface area contributed by atoms with Crippen LogP contribution in [0.5, 0.6) is 17.4 Å². The van der Waals surface area contributed by atoms with E-state index in [0.717, 1.165) is 25.7 Å². The molecular formula is C50H68FN5O10S. The number of allylic oxidation sites excluding steroid dienone is 1. The Morgan fingerprint density at radius 2 is 1.76 bits per heavy atom. The van der Waals surface area contributed by atoms with Crippen LogP contribution in [0.4, 0.5) is 9.18 Å². The summed E-state index contributed by atoms with van der Waals surface area (Å²) < 4.78 is 67.1. The van der Waals surface area contributed by atoms with Crippen molar-refractivity contribution in [3.63, 3.8) is 0 Å². The number of fused-ring (bicyclic) bond motifs is 4. The number of amides is 4. The van der Waals surface area contributed by atoms with E-state index in [0.29, 0.717) is 65.3 Å². The smallest absolute Gasteiger partial charge is 0.408 e. The molecule has 9 rings (SSSR count). The molecule has 1 aromatic heterocycles. The molecule has 6 aliphatic rings. The molecule has 3 N–H and O–H groups in total. The first-order valence-corrected chi connectivity index (χ1v) is 25.3. The third-order valence-corrected chi connectivity index (χ3v) is 17.0. The number of carbonyl (C=O) groups excluding carboxylic acids is 4. The van der Waals surface area contributed by atoms with Crippen LogP contribution in [0.15, 0.2) is 54.6 Å². The summed E-state index contributed by atoms with van der Waals surface area (Å²) in [6.45, 7) is 9.09. The topological polar surface area (TPSA) is 192 Å². The van der Waals surface area contributed by atoms with Crippen molar-refractivity contribution in [2.45, 2.75) is 140 Å². The average Bonchev–Trinajstić information content (AvgIpc) is 4.24. The number of pyridine rings is 1. The summed E-state index contributed by atoms with van der Waals surface area (Å²) in [5.74, 6) is -1.36. The van der Waals surface area contributed by atoms with Gasteiger partial charge in [-0.25, -0.2) is 22.6 Å². The number of hydrogen-bond acceptors (Lipinski definition) is 11. The number of halogens is 1. The molecule has 3 heterocycles. The van der Waals surface area contributed by atoms with Crippen LogP contribution in [-0.2, 0) is 29.1 Å². The number of sulfonamides is 1. The van der Waals surface area contributed by atoms with Gasteiger partial charge in [-0.2, -0.15) is 0 Å². The van der Waals surface area contributed by atoms with Gasteiger partial charge in [-0.05, 0) is 150 Å². The average molecular weight is 950 g/mol. The van der Waals surface area contributed by atoms with Crippen LogP contribution in [0, 0.1) is 35.4 Å². The third kappa shape index (κ3) is 9.66. The van der Waals surface area contributed by atoms with Gasteiger partial charge in [0.15, 0.2) is 11.6 Å². The van der Waals surface area contributed by atoms with Crippen molar-refractivity contribution in [3.8, 4) is 28.6 Å². The molecule has 4 aliphatic carbocycles. The van der Waals surface area contributed by atoms with E-state index in [1.54, 1.807) is 50.4 Å². The van der Waals surface area contributed by atoms with Crippen molar-refractivity contribution >= 4 is 44.6 Å². The standard InChI is InChI=1S/C50H62FN5O10S.3H2/c1-27(2)64-42-14-11-30(22-39(42)51)40-23-33-21-35(63-6)12-13-38(33)45(52-40)65-37-24-41-44(57)54-50(47(59)55-67(61,62)49(5)15-16-49)25-34(50)10-8-7-9-28(3)17-29(4)43(46(58)56(41)26-37)53-48(60)66-36-19-31-18-32(31)20-36;;;/h8,10-14,21-23,27-29,31-32,34,36-37,41,43H,7,9,15-20,24-26H2,1-6H3,(H,53,60)(H,54,57)(H,55,59);3*1H/b10-8-;;;/t28-,29-,31?,32?,34-,36?,37-,41+,43+,50-;;;/m1.../s1. The Morgan fingerprint density at radius 1 is 1.00 bits per heavy atom. The number of nitrogens with one attached hydrogen (secondary N) is 3. The van der Waals surface area contributed by atoms with Gasteiger partial charge in [0.2, 0.25) is 27.7 Å². The molecule has 2 aliphatic heterocycles. The van der Waals surface area contributed by atoms with Gasteiger partial charge in [-0.1, -0.05) is 26.0 Å². The number of methoxy groups -OCH3 is 1. The Labute approximate surface area is 395 Å². The maximum Gasteiger partial charge on any atom is 0.408 e. The SMILES string of the molecule is COc1ccc2c(O[C@@H]3C[C@H]4C(=O)N[C@]5(C(=O)NS(=O)(=O)C6(C)CC6)C[C@H]5/C=C\CC[C@@H](C)C[C@@H](C)[C@H](NC(=O)OC5CC6CC6C5)C(=O)N4C3)nc(-c3ccc(OC(C)C)c(F)c3)cc2c1.[HH].[HH].[HH]. The number of rotatable bonds is 11. The first-order chi connectivity index (χ1) is 31.8. The summed E-state index contributed by atoms with van der Waals surface area (Å²) in [4.78, 5) is 64.1. The zero-order valence-electron chi connectivity index (χ0n) is 39.0. The van der Waals surface area contributed by atoms with Gasteiger partial charge in [0, 0.05) is 27.6 Å². The number of ether oxygens (including phenoxy) is 4. The highest BCUT2D eigenvalue weighted by Crippen LogP contribution is 2.53. The second-order valence-corrected chi connectivity index (χ2v) is 22.7. The Balaban J connectivity index is 0.00000268. The molecule has 0 radical (unpaired) electrons. The lowest BCUT2D eigenvalue weighted by Crippen LogP contribution is -2.59. The van der Waals surface area contributed by atoms with E-state index in [2.05, 4.69) is 22.3 Å². The van der Waals surface area contributed by atoms with Crippen LogP contribution >= 0.6 is 0 Å². The van der Waals surface area contributed by atoms with Gasteiger partial charge in [-0.15, -0.1) is 0 Å². The molecule has 1 saturated heterocycles. The summed E-state index contributed by atoms with van der Waals surface area (Å²) in [7, 11) is -2.50. The predicted octanol–water partition coefficient (Wildman–Crippen LogP) is 7.70. The van der Waals surface area contributed by atoms with Crippen LogP contribution in [0.3, 0.4) is 0 Å². The monoisotopic (exact) mass is 949 g/mol. The number of benzene rings is 2. The molecular weight excluding hydrogens is 882 g/mol. The van der Waals surface area contributed by atoms with Gasteiger partial charge >= 0.3 is 6.09 Å². The van der Waals surface area contributed by atoms with E-state index in [4.69, 9.17) is 23.9 Å². The van der Waals surface area contributed by atoms with E-state index < -0.39 is 74.0 Å². The van der Waals surface area contributed by atoms with Gasteiger partial charge in [0.25, 0.3) is 5.91 Å². The molecule has 5 fully saturated rings. The molecule has 3 aromatic rings. The van der Waals surface area contributed by atoms with Crippen LogP contribution in [0.1, 0.15) is 103 Å². The van der Waals surface area contributed by atoms with Crippen molar-refractivity contribution in [3.05, 3.63) is 60.4 Å². The molecule has 2 aromatic carbocycles. The highest BCUT2D eigenvalue weighted by atomic mass is 32.2. The zero-order chi connectivity index (χ0) is 47.6. The zero-order valence-corrected chi connectivity index (χ0v) is 39.8. The molecule has 15 nitrogen and oxygen atoms in total. The predicted molar refractivity (Wildman–Crippen MR) is 253 cm³/mol. The van der Waals surface area contributed by atoms with Crippen LogP contribution in [-0.4, -0.2) is 96.5 Å². The highest BCUT2D eigenvalue weighted by Gasteiger charge is 2.63. The fourth-order valence-electron chi connectivity index (χ4n) is 10.4. The van der Waals surface area contributed by atoms with Gasteiger partial charge in [0.1, 0.15) is 35.6 Å². The summed E-state index contributed by atoms with van der Waals surface area (Å²) in [5, 5.41) is 7.11. The molecule has 0 bridgehead atoms. The normalized spacial score (nSPS) is 31.5. The third-order valence-electron chi connectivity index (χ3n) is 14.9. The fourth-order valence-corrected chi connectivity index (χ4v) is 11.7. The highest BCUT2D eigenvalue weighted by molar-refractivity contribution is 7.91. The van der Waals surface area contributed by atoms with Crippen LogP contribution < -0.4 is 29.6 Å². The van der Waals surface area contributed by atoms with Crippen molar-refractivity contribution in [2.24, 2.45) is 29.6 Å². The van der Waals surface area contributed by atoms with E-state index in [-0.39, 0.29) is 59.3 Å². The van der Waals surface area contributed by atoms with Crippen molar-refractivity contribution in [2.75, 3.05) is 13.7 Å². The summed E-state index contributed by atoms with van der Waals surface area (Å²) in [6, 6.07) is 9.43.